The Morgan fingerprint density at radius 3 is 2.58 bits per heavy atom. The van der Waals surface area contributed by atoms with Gasteiger partial charge in [0, 0.05) is 5.02 Å². The summed E-state index contributed by atoms with van der Waals surface area (Å²) in [6, 6.07) is 6.87. The number of rotatable bonds is 2. The molecule has 0 atom stereocenters. The molecule has 0 aliphatic heterocycles. The number of nitriles is 1. The van der Waals surface area contributed by atoms with Gasteiger partial charge < -0.3 is 4.74 Å². The second kappa shape index (κ2) is 5.43. The van der Waals surface area contributed by atoms with Gasteiger partial charge >= 0.3 is 0 Å². The van der Waals surface area contributed by atoms with Gasteiger partial charge in [0.1, 0.15) is 17.4 Å². The Morgan fingerprint density at radius 2 is 1.95 bits per heavy atom. The second-order valence-electron chi connectivity index (χ2n) is 3.88. The van der Waals surface area contributed by atoms with Crippen molar-refractivity contribution in [2.75, 3.05) is 0 Å². The molecule has 0 aliphatic carbocycles. The maximum atomic E-state index is 9.16. The van der Waals surface area contributed by atoms with Crippen LogP contribution in [0, 0.1) is 25.2 Å². The Labute approximate surface area is 120 Å². The van der Waals surface area contributed by atoms with E-state index in [0.717, 1.165) is 5.56 Å². The van der Waals surface area contributed by atoms with Gasteiger partial charge in [-0.25, -0.2) is 0 Å². The molecule has 1 heterocycles. The fourth-order valence-electron chi connectivity index (χ4n) is 1.45. The molecule has 2 rings (SSSR count). The summed E-state index contributed by atoms with van der Waals surface area (Å²) in [6.07, 6.45) is 0. The van der Waals surface area contributed by atoms with Crippen molar-refractivity contribution in [3.8, 4) is 17.7 Å². The van der Waals surface area contributed by atoms with Crippen LogP contribution in [0.25, 0.3) is 0 Å². The highest BCUT2D eigenvalue weighted by Gasteiger charge is 2.14. The molecule has 0 unspecified atom stereocenters. The number of benzene rings is 1. The van der Waals surface area contributed by atoms with Crippen LogP contribution in [0.1, 0.15) is 16.8 Å². The predicted molar refractivity (Wildman–Crippen MR) is 72.8 cm³/mol. The first-order valence-corrected chi connectivity index (χ1v) is 6.15. The van der Waals surface area contributed by atoms with Gasteiger partial charge in [-0.05, 0) is 37.6 Å². The van der Waals surface area contributed by atoms with E-state index >= 15 is 0 Å². The van der Waals surface area contributed by atoms with Crippen LogP contribution in [-0.4, -0.2) is 10.2 Å². The highest BCUT2D eigenvalue weighted by atomic mass is 35.5. The van der Waals surface area contributed by atoms with Crippen LogP contribution in [0.4, 0.5) is 0 Å². The molecular formula is C13H9Cl2N3O. The average molecular weight is 294 g/mol. The molecule has 1 aromatic heterocycles. The van der Waals surface area contributed by atoms with Crippen molar-refractivity contribution in [2.45, 2.75) is 13.8 Å². The van der Waals surface area contributed by atoms with Crippen molar-refractivity contribution in [1.82, 2.24) is 10.2 Å². The molecule has 0 amide bonds. The normalized spacial score (nSPS) is 10.1. The van der Waals surface area contributed by atoms with E-state index in [4.69, 9.17) is 33.2 Å². The third kappa shape index (κ3) is 2.78. The molecule has 6 heteroatoms. The Hall–Kier alpha value is -1.83. The van der Waals surface area contributed by atoms with E-state index < -0.39 is 0 Å². The summed E-state index contributed by atoms with van der Waals surface area (Å²) in [5, 5.41) is 17.8. The third-order valence-electron chi connectivity index (χ3n) is 2.63. The first kappa shape index (κ1) is 13.6. The van der Waals surface area contributed by atoms with Gasteiger partial charge in [0.25, 0.3) is 5.88 Å². The molecule has 19 heavy (non-hydrogen) atoms. The van der Waals surface area contributed by atoms with Crippen LogP contribution >= 0.6 is 23.2 Å². The summed E-state index contributed by atoms with van der Waals surface area (Å²) < 4.78 is 5.54. The molecule has 0 aliphatic rings. The van der Waals surface area contributed by atoms with Crippen LogP contribution in [0.15, 0.2) is 18.2 Å². The van der Waals surface area contributed by atoms with Crippen LogP contribution in [0.3, 0.4) is 0 Å². The van der Waals surface area contributed by atoms with Gasteiger partial charge in [-0.1, -0.05) is 23.2 Å². The smallest absolute Gasteiger partial charge is 0.257 e. The van der Waals surface area contributed by atoms with Crippen molar-refractivity contribution in [3.63, 3.8) is 0 Å². The fourth-order valence-corrected chi connectivity index (χ4v) is 1.90. The zero-order valence-electron chi connectivity index (χ0n) is 10.2. The minimum atomic E-state index is 0.134. The molecular weight excluding hydrogens is 285 g/mol. The van der Waals surface area contributed by atoms with Crippen molar-refractivity contribution < 1.29 is 4.74 Å². The Balaban J connectivity index is 2.44. The Bertz CT molecular complexity index is 680. The number of hydrogen-bond donors (Lipinski definition) is 0. The molecule has 0 fully saturated rings. The number of aromatic nitrogens is 2. The molecule has 96 valence electrons. The predicted octanol–water partition coefficient (Wildman–Crippen LogP) is 4.06. The topological polar surface area (TPSA) is 58.8 Å². The third-order valence-corrected chi connectivity index (χ3v) is 3.17. The molecule has 0 saturated carbocycles. The number of nitrogens with zero attached hydrogens (tertiary/aromatic N) is 3. The number of aryl methyl sites for hydroxylation is 1. The zero-order chi connectivity index (χ0) is 14.0. The molecule has 0 bridgehead atoms. The van der Waals surface area contributed by atoms with Crippen molar-refractivity contribution in [1.29, 1.82) is 5.26 Å². The van der Waals surface area contributed by atoms with Crippen molar-refractivity contribution >= 4 is 23.2 Å². The summed E-state index contributed by atoms with van der Waals surface area (Å²) in [7, 11) is 0. The Kier molecular flexibility index (Phi) is 3.89. The summed E-state index contributed by atoms with van der Waals surface area (Å²) in [6.45, 7) is 3.57. The summed E-state index contributed by atoms with van der Waals surface area (Å²) >= 11 is 11.8. The van der Waals surface area contributed by atoms with E-state index in [2.05, 4.69) is 16.3 Å². The molecule has 1 aromatic carbocycles. The van der Waals surface area contributed by atoms with Crippen LogP contribution < -0.4 is 4.74 Å². The summed E-state index contributed by atoms with van der Waals surface area (Å²) in [5.74, 6) is 0.509. The average Bonchev–Trinajstić information content (AvgIpc) is 2.37. The van der Waals surface area contributed by atoms with E-state index in [9.17, 15) is 0 Å². The number of halogens is 2. The maximum absolute atomic E-state index is 9.16. The molecule has 4 nitrogen and oxygen atoms in total. The van der Waals surface area contributed by atoms with E-state index in [0.29, 0.717) is 27.1 Å². The lowest BCUT2D eigenvalue weighted by Gasteiger charge is -2.09. The first-order chi connectivity index (χ1) is 9.02. The fraction of sp³-hybridized carbons (Fsp3) is 0.154. The maximum Gasteiger partial charge on any atom is 0.257 e. The van der Waals surface area contributed by atoms with Gasteiger partial charge in [-0.2, -0.15) is 10.4 Å². The highest BCUT2D eigenvalue weighted by Crippen LogP contribution is 2.32. The summed E-state index contributed by atoms with van der Waals surface area (Å²) in [4.78, 5) is 0. The minimum absolute atomic E-state index is 0.134. The SMILES string of the molecule is Cc1nnc(Oc2ccc(Cl)cc2Cl)c(C#N)c1C. The van der Waals surface area contributed by atoms with Gasteiger partial charge in [0.15, 0.2) is 0 Å². The van der Waals surface area contributed by atoms with Gasteiger partial charge in [0.2, 0.25) is 0 Å². The van der Waals surface area contributed by atoms with Crippen LogP contribution in [0.5, 0.6) is 11.6 Å². The monoisotopic (exact) mass is 293 g/mol. The standard InChI is InChI=1S/C13H9Cl2N3O/c1-7-8(2)17-18-13(10(7)6-16)19-12-4-3-9(14)5-11(12)15/h3-5H,1-2H3. The van der Waals surface area contributed by atoms with E-state index in [-0.39, 0.29) is 5.88 Å². The van der Waals surface area contributed by atoms with Crippen molar-refractivity contribution in [3.05, 3.63) is 45.1 Å². The van der Waals surface area contributed by atoms with E-state index in [1.54, 1.807) is 32.0 Å². The quantitative estimate of drug-likeness (QED) is 0.837. The number of ether oxygens (including phenoxy) is 1. The van der Waals surface area contributed by atoms with Gasteiger partial charge in [-0.15, -0.1) is 5.10 Å². The minimum Gasteiger partial charge on any atom is -0.435 e. The first-order valence-electron chi connectivity index (χ1n) is 5.40. The van der Waals surface area contributed by atoms with Crippen molar-refractivity contribution in [2.24, 2.45) is 0 Å². The van der Waals surface area contributed by atoms with Gasteiger partial charge in [0.05, 0.1) is 10.7 Å². The highest BCUT2D eigenvalue weighted by molar-refractivity contribution is 6.35. The zero-order valence-corrected chi connectivity index (χ0v) is 11.7. The van der Waals surface area contributed by atoms with E-state index in [1.807, 2.05) is 0 Å². The Morgan fingerprint density at radius 1 is 1.21 bits per heavy atom. The number of hydrogen-bond acceptors (Lipinski definition) is 4. The molecule has 0 saturated heterocycles. The second-order valence-corrected chi connectivity index (χ2v) is 4.72. The molecule has 0 N–H and O–H groups in total. The lowest BCUT2D eigenvalue weighted by molar-refractivity contribution is 0.452. The molecule has 2 aromatic rings. The van der Waals surface area contributed by atoms with E-state index in [1.165, 1.54) is 0 Å². The molecule has 0 spiro atoms. The molecule has 0 radical (unpaired) electrons. The van der Waals surface area contributed by atoms with Crippen LogP contribution in [-0.2, 0) is 0 Å². The summed E-state index contributed by atoms with van der Waals surface area (Å²) in [5.41, 5.74) is 1.77. The van der Waals surface area contributed by atoms with Gasteiger partial charge in [-0.3, -0.25) is 0 Å². The lowest BCUT2D eigenvalue weighted by Crippen LogP contribution is -2.00. The van der Waals surface area contributed by atoms with Crippen LogP contribution in [0.2, 0.25) is 10.0 Å². The largest absolute Gasteiger partial charge is 0.435 e. The lowest BCUT2D eigenvalue weighted by atomic mass is 10.1.